The Morgan fingerprint density at radius 2 is 2.30 bits per heavy atom. The highest BCUT2D eigenvalue weighted by Gasteiger charge is 2.24. The molecule has 3 nitrogen and oxygen atoms in total. The van der Waals surface area contributed by atoms with Crippen molar-refractivity contribution in [1.29, 1.82) is 0 Å². The lowest BCUT2D eigenvalue weighted by Crippen LogP contribution is -2.30. The van der Waals surface area contributed by atoms with Crippen LogP contribution in [0.15, 0.2) is 5.16 Å². The van der Waals surface area contributed by atoms with Crippen molar-refractivity contribution in [3.63, 3.8) is 0 Å². The maximum Gasteiger partial charge on any atom is 0.0624 e. The van der Waals surface area contributed by atoms with E-state index in [-0.39, 0.29) is 12.0 Å². The number of hydrogen-bond acceptors (Lipinski definition) is 3. The zero-order valence-electron chi connectivity index (χ0n) is 6.12. The van der Waals surface area contributed by atoms with Crippen molar-refractivity contribution < 1.29 is 10.3 Å². The van der Waals surface area contributed by atoms with Gasteiger partial charge in [-0.3, -0.25) is 0 Å². The van der Waals surface area contributed by atoms with E-state index < -0.39 is 0 Å². The van der Waals surface area contributed by atoms with Crippen LogP contribution in [0.25, 0.3) is 0 Å². The summed E-state index contributed by atoms with van der Waals surface area (Å²) in [6.07, 6.45) is 2.29. The van der Waals surface area contributed by atoms with Gasteiger partial charge in [-0.05, 0) is 19.3 Å². The van der Waals surface area contributed by atoms with Gasteiger partial charge in [0, 0.05) is 5.92 Å². The molecule has 2 unspecified atom stereocenters. The molecule has 0 saturated heterocycles. The Balaban J connectivity index is 2.60. The lowest BCUT2D eigenvalue weighted by atomic mass is 9.86. The van der Waals surface area contributed by atoms with E-state index in [9.17, 15) is 5.11 Å². The molecule has 2 atom stereocenters. The Kier molecular flexibility index (Phi) is 2.27. The van der Waals surface area contributed by atoms with Crippen molar-refractivity contribution in [2.75, 3.05) is 0 Å². The summed E-state index contributed by atoms with van der Waals surface area (Å²) < 4.78 is 0. The quantitative estimate of drug-likeness (QED) is 0.392. The molecule has 1 fully saturated rings. The van der Waals surface area contributed by atoms with Crippen LogP contribution in [0.5, 0.6) is 0 Å². The van der Waals surface area contributed by atoms with Crippen molar-refractivity contribution in [1.82, 2.24) is 0 Å². The van der Waals surface area contributed by atoms with Crippen molar-refractivity contribution in [2.45, 2.75) is 32.3 Å². The van der Waals surface area contributed by atoms with E-state index >= 15 is 0 Å². The normalized spacial score (nSPS) is 38.4. The van der Waals surface area contributed by atoms with Crippen LogP contribution in [-0.2, 0) is 0 Å². The molecule has 0 aliphatic heterocycles. The molecule has 2 N–H and O–H groups in total. The SMILES string of the molecule is CC1/C(=N\O)CCCC1O. The molecule has 0 bridgehead atoms. The minimum Gasteiger partial charge on any atom is -0.411 e. The fourth-order valence-electron chi connectivity index (χ4n) is 1.33. The smallest absolute Gasteiger partial charge is 0.0624 e. The average molecular weight is 143 g/mol. The third kappa shape index (κ3) is 1.29. The van der Waals surface area contributed by atoms with Crippen LogP contribution >= 0.6 is 0 Å². The van der Waals surface area contributed by atoms with E-state index in [0.29, 0.717) is 0 Å². The molecule has 0 amide bonds. The summed E-state index contributed by atoms with van der Waals surface area (Å²) in [5.41, 5.74) is 0.735. The molecule has 1 saturated carbocycles. The second kappa shape index (κ2) is 3.01. The van der Waals surface area contributed by atoms with E-state index in [2.05, 4.69) is 5.16 Å². The van der Waals surface area contributed by atoms with Gasteiger partial charge in [-0.1, -0.05) is 12.1 Å². The van der Waals surface area contributed by atoms with Crippen molar-refractivity contribution >= 4 is 5.71 Å². The predicted octanol–water partition coefficient (Wildman–Crippen LogP) is 0.998. The van der Waals surface area contributed by atoms with Crippen LogP contribution in [-0.4, -0.2) is 22.1 Å². The molecule has 1 rings (SSSR count). The van der Waals surface area contributed by atoms with Crippen LogP contribution in [0.1, 0.15) is 26.2 Å². The van der Waals surface area contributed by atoms with Gasteiger partial charge in [-0.15, -0.1) is 0 Å². The second-order valence-electron chi connectivity index (χ2n) is 2.84. The molecule has 0 spiro atoms. The maximum absolute atomic E-state index is 9.29. The number of oxime groups is 1. The van der Waals surface area contributed by atoms with E-state index in [0.717, 1.165) is 25.0 Å². The summed E-state index contributed by atoms with van der Waals surface area (Å²) in [5, 5.41) is 20.9. The van der Waals surface area contributed by atoms with Gasteiger partial charge in [0.2, 0.25) is 0 Å². The highest BCUT2D eigenvalue weighted by molar-refractivity contribution is 5.87. The summed E-state index contributed by atoms with van der Waals surface area (Å²) in [6.45, 7) is 1.89. The predicted molar refractivity (Wildman–Crippen MR) is 38.2 cm³/mol. The highest BCUT2D eigenvalue weighted by Crippen LogP contribution is 2.21. The second-order valence-corrected chi connectivity index (χ2v) is 2.84. The van der Waals surface area contributed by atoms with Gasteiger partial charge in [0.05, 0.1) is 11.8 Å². The van der Waals surface area contributed by atoms with Gasteiger partial charge in [0.15, 0.2) is 0 Å². The topological polar surface area (TPSA) is 52.8 Å². The lowest BCUT2D eigenvalue weighted by Gasteiger charge is -2.24. The Bertz CT molecular complexity index is 145. The van der Waals surface area contributed by atoms with Crippen LogP contribution in [0, 0.1) is 5.92 Å². The molecule has 0 radical (unpaired) electrons. The summed E-state index contributed by atoms with van der Waals surface area (Å²) in [4.78, 5) is 0. The van der Waals surface area contributed by atoms with Crippen molar-refractivity contribution in [3.8, 4) is 0 Å². The molecule has 0 heterocycles. The Morgan fingerprint density at radius 1 is 1.60 bits per heavy atom. The first-order chi connectivity index (χ1) is 4.75. The maximum atomic E-state index is 9.29. The minimum atomic E-state index is -0.306. The minimum absolute atomic E-state index is 0.0405. The molecular weight excluding hydrogens is 130 g/mol. The van der Waals surface area contributed by atoms with E-state index in [1.807, 2.05) is 6.92 Å². The first-order valence-corrected chi connectivity index (χ1v) is 3.64. The van der Waals surface area contributed by atoms with E-state index in [4.69, 9.17) is 5.21 Å². The zero-order valence-corrected chi connectivity index (χ0v) is 6.12. The first-order valence-electron chi connectivity index (χ1n) is 3.64. The van der Waals surface area contributed by atoms with Gasteiger partial charge in [0.1, 0.15) is 0 Å². The molecule has 3 heteroatoms. The first kappa shape index (κ1) is 7.54. The van der Waals surface area contributed by atoms with Crippen LogP contribution < -0.4 is 0 Å². The molecule has 10 heavy (non-hydrogen) atoms. The third-order valence-electron chi connectivity index (χ3n) is 2.16. The number of aliphatic hydroxyl groups is 1. The number of aliphatic hydroxyl groups excluding tert-OH is 1. The Labute approximate surface area is 60.4 Å². The fourth-order valence-corrected chi connectivity index (χ4v) is 1.33. The standard InChI is InChI=1S/C7H13NO2/c1-5-6(8-10)3-2-4-7(5)9/h5,7,9-10H,2-4H2,1H3/b8-6-. The van der Waals surface area contributed by atoms with Crippen molar-refractivity contribution in [2.24, 2.45) is 11.1 Å². The average Bonchev–Trinajstić information content (AvgIpc) is 1.95. The number of nitrogens with zero attached hydrogens (tertiary/aromatic N) is 1. The van der Waals surface area contributed by atoms with Crippen LogP contribution in [0.2, 0.25) is 0 Å². The third-order valence-corrected chi connectivity index (χ3v) is 2.16. The largest absolute Gasteiger partial charge is 0.411 e. The monoisotopic (exact) mass is 143 g/mol. The van der Waals surface area contributed by atoms with Gasteiger partial charge in [-0.25, -0.2) is 0 Å². The van der Waals surface area contributed by atoms with Gasteiger partial charge in [0.25, 0.3) is 0 Å². The van der Waals surface area contributed by atoms with Crippen molar-refractivity contribution in [3.05, 3.63) is 0 Å². The molecule has 1 aliphatic carbocycles. The molecule has 0 aromatic carbocycles. The summed E-state index contributed by atoms with van der Waals surface area (Å²) in [7, 11) is 0. The molecule has 58 valence electrons. The Hall–Kier alpha value is -0.570. The summed E-state index contributed by atoms with van der Waals surface area (Å²) >= 11 is 0. The van der Waals surface area contributed by atoms with Gasteiger partial charge >= 0.3 is 0 Å². The summed E-state index contributed by atoms with van der Waals surface area (Å²) in [6, 6.07) is 0. The number of hydrogen-bond donors (Lipinski definition) is 2. The van der Waals surface area contributed by atoms with Gasteiger partial charge in [-0.2, -0.15) is 0 Å². The zero-order chi connectivity index (χ0) is 7.56. The summed E-state index contributed by atoms with van der Waals surface area (Å²) in [5.74, 6) is 0.0405. The van der Waals surface area contributed by atoms with Crippen LogP contribution in [0.4, 0.5) is 0 Å². The molecule has 1 aliphatic rings. The van der Waals surface area contributed by atoms with E-state index in [1.54, 1.807) is 0 Å². The van der Waals surface area contributed by atoms with E-state index in [1.165, 1.54) is 0 Å². The fraction of sp³-hybridized carbons (Fsp3) is 0.857. The molecular formula is C7H13NO2. The Morgan fingerprint density at radius 3 is 2.80 bits per heavy atom. The van der Waals surface area contributed by atoms with Gasteiger partial charge < -0.3 is 10.3 Å². The van der Waals surface area contributed by atoms with Crippen LogP contribution in [0.3, 0.4) is 0 Å². The molecule has 0 aromatic rings. The lowest BCUT2D eigenvalue weighted by molar-refractivity contribution is 0.121. The highest BCUT2D eigenvalue weighted by atomic mass is 16.4. The molecule has 0 aromatic heterocycles. The number of rotatable bonds is 0.